The summed E-state index contributed by atoms with van der Waals surface area (Å²) >= 11 is 0. The van der Waals surface area contributed by atoms with Crippen molar-refractivity contribution in [2.45, 2.75) is 46.6 Å². The highest BCUT2D eigenvalue weighted by Gasteiger charge is 2.24. The van der Waals surface area contributed by atoms with Crippen LogP contribution in [-0.4, -0.2) is 21.2 Å². The summed E-state index contributed by atoms with van der Waals surface area (Å²) in [5.41, 5.74) is 2.75. The van der Waals surface area contributed by atoms with Gasteiger partial charge in [-0.25, -0.2) is 0 Å². The van der Waals surface area contributed by atoms with Crippen LogP contribution >= 0.6 is 0 Å². The highest BCUT2D eigenvalue weighted by molar-refractivity contribution is 5.18. The average Bonchev–Trinajstić information content (AvgIpc) is 2.10. The van der Waals surface area contributed by atoms with Crippen molar-refractivity contribution in [3.05, 3.63) is 23.3 Å². The largest absolute Gasteiger partial charge is 0.393 e. The van der Waals surface area contributed by atoms with Crippen LogP contribution in [0.25, 0.3) is 0 Å². The summed E-state index contributed by atoms with van der Waals surface area (Å²) in [5, 5.41) is 9.78. The summed E-state index contributed by atoms with van der Waals surface area (Å²) in [6.45, 7) is 9.88. The first-order chi connectivity index (χ1) is 6.93. The van der Waals surface area contributed by atoms with Crippen LogP contribution in [0.4, 0.5) is 0 Å². The number of aliphatic hydroxyl groups is 1. The van der Waals surface area contributed by atoms with Gasteiger partial charge in [-0.3, -0.25) is 9.97 Å². The van der Waals surface area contributed by atoms with Crippen molar-refractivity contribution in [1.82, 2.24) is 9.97 Å². The summed E-state index contributed by atoms with van der Waals surface area (Å²) in [6.07, 6.45) is 1.37. The lowest BCUT2D eigenvalue weighted by Gasteiger charge is -2.24. The molecular weight excluding hydrogens is 188 g/mol. The molecule has 3 heteroatoms. The van der Waals surface area contributed by atoms with Crippen LogP contribution in [-0.2, 0) is 0 Å². The van der Waals surface area contributed by atoms with Gasteiger partial charge in [0.2, 0.25) is 0 Å². The van der Waals surface area contributed by atoms with Crippen LogP contribution in [0.3, 0.4) is 0 Å². The molecule has 0 aliphatic rings. The van der Waals surface area contributed by atoms with Crippen LogP contribution in [0, 0.1) is 19.8 Å². The van der Waals surface area contributed by atoms with Crippen LogP contribution < -0.4 is 0 Å². The highest BCUT2D eigenvalue weighted by atomic mass is 16.3. The van der Waals surface area contributed by atoms with Gasteiger partial charge < -0.3 is 5.11 Å². The third kappa shape index (κ3) is 2.75. The first-order valence-corrected chi connectivity index (χ1v) is 5.41. The Hall–Kier alpha value is -0.960. The molecule has 2 atom stereocenters. The van der Waals surface area contributed by atoms with Gasteiger partial charge in [-0.15, -0.1) is 0 Å². The van der Waals surface area contributed by atoms with E-state index in [-0.39, 0.29) is 12.0 Å². The lowest BCUT2D eigenvalue weighted by molar-refractivity contribution is 0.137. The number of nitrogens with zero attached hydrogens (tertiary/aromatic N) is 2. The Morgan fingerprint density at radius 1 is 1.20 bits per heavy atom. The molecule has 1 rings (SSSR count). The van der Waals surface area contributed by atoms with E-state index in [1.165, 1.54) is 0 Å². The van der Waals surface area contributed by atoms with Gasteiger partial charge in [0, 0.05) is 12.1 Å². The van der Waals surface area contributed by atoms with E-state index < -0.39 is 0 Å². The molecule has 0 saturated heterocycles. The number of hydrogen-bond donors (Lipinski definition) is 1. The third-order valence-corrected chi connectivity index (χ3v) is 2.67. The normalized spacial score (nSPS) is 15.4. The second-order valence-electron chi connectivity index (χ2n) is 4.49. The number of aryl methyl sites for hydroxylation is 2. The van der Waals surface area contributed by atoms with Gasteiger partial charge >= 0.3 is 0 Å². The molecule has 1 N–H and O–H groups in total. The molecule has 0 saturated carbocycles. The number of aromatic nitrogens is 2. The van der Waals surface area contributed by atoms with E-state index in [9.17, 15) is 5.11 Å². The Kier molecular flexibility index (Phi) is 3.80. The predicted octanol–water partition coefficient (Wildman–Crippen LogP) is 2.21. The Labute approximate surface area is 91.6 Å². The number of aliphatic hydroxyl groups excluding tert-OH is 1. The number of hydrogen-bond acceptors (Lipinski definition) is 3. The quantitative estimate of drug-likeness (QED) is 0.828. The molecule has 3 nitrogen and oxygen atoms in total. The topological polar surface area (TPSA) is 46.0 Å². The summed E-state index contributed by atoms with van der Waals surface area (Å²) in [4.78, 5) is 8.78. The van der Waals surface area contributed by atoms with E-state index in [2.05, 4.69) is 23.8 Å². The van der Waals surface area contributed by atoms with E-state index in [4.69, 9.17) is 0 Å². The van der Waals surface area contributed by atoms with Crippen molar-refractivity contribution in [2.24, 2.45) is 5.92 Å². The fourth-order valence-electron chi connectivity index (χ4n) is 1.97. The zero-order chi connectivity index (χ0) is 11.6. The SMILES string of the molecule is Cc1cnc(C)c(C(C(C)C)C(C)O)n1. The van der Waals surface area contributed by atoms with Crippen LogP contribution in [0.1, 0.15) is 43.8 Å². The molecule has 0 bridgehead atoms. The van der Waals surface area contributed by atoms with Crippen LogP contribution in [0.2, 0.25) is 0 Å². The van der Waals surface area contributed by atoms with E-state index in [1.54, 1.807) is 6.20 Å². The molecule has 1 aromatic rings. The minimum atomic E-state index is -0.389. The maximum atomic E-state index is 9.78. The van der Waals surface area contributed by atoms with Crippen LogP contribution in [0.5, 0.6) is 0 Å². The van der Waals surface area contributed by atoms with Gasteiger partial charge in [-0.2, -0.15) is 0 Å². The minimum absolute atomic E-state index is 0.0670. The monoisotopic (exact) mass is 208 g/mol. The molecule has 0 amide bonds. The lowest BCUT2D eigenvalue weighted by atomic mass is 9.87. The first-order valence-electron chi connectivity index (χ1n) is 5.41. The molecule has 15 heavy (non-hydrogen) atoms. The van der Waals surface area contributed by atoms with Crippen molar-refractivity contribution in [2.75, 3.05) is 0 Å². The molecule has 0 aliphatic carbocycles. The Morgan fingerprint density at radius 2 is 1.80 bits per heavy atom. The second kappa shape index (κ2) is 4.71. The molecule has 0 radical (unpaired) electrons. The Balaban J connectivity index is 3.16. The van der Waals surface area contributed by atoms with Gasteiger partial charge in [0.05, 0.1) is 23.2 Å². The zero-order valence-corrected chi connectivity index (χ0v) is 10.2. The van der Waals surface area contributed by atoms with Gasteiger partial charge in [-0.1, -0.05) is 13.8 Å². The molecule has 84 valence electrons. The highest BCUT2D eigenvalue weighted by Crippen LogP contribution is 2.28. The van der Waals surface area contributed by atoms with E-state index >= 15 is 0 Å². The maximum absolute atomic E-state index is 9.78. The molecule has 0 fully saturated rings. The smallest absolute Gasteiger partial charge is 0.0678 e. The fraction of sp³-hybridized carbons (Fsp3) is 0.667. The van der Waals surface area contributed by atoms with Crippen molar-refractivity contribution < 1.29 is 5.11 Å². The second-order valence-corrected chi connectivity index (χ2v) is 4.49. The summed E-state index contributed by atoms with van der Waals surface area (Å²) < 4.78 is 0. The molecular formula is C12H20N2O. The number of rotatable bonds is 3. The van der Waals surface area contributed by atoms with Gasteiger partial charge in [0.15, 0.2) is 0 Å². The molecule has 0 aliphatic heterocycles. The summed E-state index contributed by atoms with van der Waals surface area (Å²) in [7, 11) is 0. The Morgan fingerprint density at radius 3 is 2.27 bits per heavy atom. The minimum Gasteiger partial charge on any atom is -0.393 e. The van der Waals surface area contributed by atoms with Crippen molar-refractivity contribution in [3.63, 3.8) is 0 Å². The molecule has 1 heterocycles. The zero-order valence-electron chi connectivity index (χ0n) is 10.2. The third-order valence-electron chi connectivity index (χ3n) is 2.67. The first kappa shape index (κ1) is 12.1. The van der Waals surface area contributed by atoms with Gasteiger partial charge in [0.1, 0.15) is 0 Å². The average molecular weight is 208 g/mol. The van der Waals surface area contributed by atoms with E-state index in [1.807, 2.05) is 20.8 Å². The maximum Gasteiger partial charge on any atom is 0.0678 e. The predicted molar refractivity (Wildman–Crippen MR) is 60.8 cm³/mol. The van der Waals surface area contributed by atoms with Crippen molar-refractivity contribution in [1.29, 1.82) is 0 Å². The Bertz CT molecular complexity index is 326. The van der Waals surface area contributed by atoms with E-state index in [0.29, 0.717) is 5.92 Å². The van der Waals surface area contributed by atoms with Gasteiger partial charge in [-0.05, 0) is 26.7 Å². The van der Waals surface area contributed by atoms with Crippen molar-refractivity contribution in [3.8, 4) is 0 Å². The fourth-order valence-corrected chi connectivity index (χ4v) is 1.97. The van der Waals surface area contributed by atoms with Crippen LogP contribution in [0.15, 0.2) is 6.20 Å². The molecule has 0 spiro atoms. The van der Waals surface area contributed by atoms with Gasteiger partial charge in [0.25, 0.3) is 0 Å². The molecule has 2 unspecified atom stereocenters. The van der Waals surface area contributed by atoms with E-state index in [0.717, 1.165) is 17.1 Å². The molecule has 1 aromatic heterocycles. The molecule has 0 aromatic carbocycles. The summed E-state index contributed by atoms with van der Waals surface area (Å²) in [5.74, 6) is 0.428. The van der Waals surface area contributed by atoms with Crippen molar-refractivity contribution >= 4 is 0 Å². The summed E-state index contributed by atoms with van der Waals surface area (Å²) in [6, 6.07) is 0. The lowest BCUT2D eigenvalue weighted by Crippen LogP contribution is -2.23. The standard InChI is InChI=1S/C12H20N2O/c1-7(2)11(10(5)15)12-9(4)13-6-8(3)14-12/h6-7,10-11,15H,1-5H3.